The van der Waals surface area contributed by atoms with Gasteiger partial charge in [-0.2, -0.15) is 4.39 Å². The molecule has 3 rings (SSSR count). The lowest BCUT2D eigenvalue weighted by Gasteiger charge is -2.03. The van der Waals surface area contributed by atoms with Crippen LogP contribution in [0.5, 0.6) is 5.75 Å². The highest BCUT2D eigenvalue weighted by molar-refractivity contribution is 6.05. The van der Waals surface area contributed by atoms with Crippen molar-refractivity contribution >= 4 is 21.9 Å². The SMILES string of the molecule is CCOCCc1ccc2c(oc3c(F)c(OC)ccc32)c1F. The minimum atomic E-state index is -0.619. The number of halogens is 2. The first-order valence-corrected chi connectivity index (χ1v) is 7.11. The van der Waals surface area contributed by atoms with Gasteiger partial charge in [-0.15, -0.1) is 0 Å². The monoisotopic (exact) mass is 306 g/mol. The van der Waals surface area contributed by atoms with Crippen molar-refractivity contribution < 1.29 is 22.7 Å². The smallest absolute Gasteiger partial charge is 0.208 e. The summed E-state index contributed by atoms with van der Waals surface area (Å²) in [5.74, 6) is -1.01. The molecule has 116 valence electrons. The number of rotatable bonds is 5. The summed E-state index contributed by atoms with van der Waals surface area (Å²) in [5.41, 5.74) is 0.568. The first-order chi connectivity index (χ1) is 10.7. The third-order valence-electron chi connectivity index (χ3n) is 3.67. The zero-order chi connectivity index (χ0) is 15.7. The lowest BCUT2D eigenvalue weighted by Crippen LogP contribution is -2.00. The van der Waals surface area contributed by atoms with Gasteiger partial charge in [0.05, 0.1) is 13.7 Å². The van der Waals surface area contributed by atoms with Gasteiger partial charge in [0.1, 0.15) is 0 Å². The van der Waals surface area contributed by atoms with Crippen molar-refractivity contribution in [1.82, 2.24) is 0 Å². The Bertz CT molecular complexity index is 824. The molecule has 0 bridgehead atoms. The quantitative estimate of drug-likeness (QED) is 0.653. The summed E-state index contributed by atoms with van der Waals surface area (Å²) in [6.45, 7) is 2.90. The molecular weight excluding hydrogens is 290 g/mol. The number of methoxy groups -OCH3 is 1. The molecule has 0 saturated heterocycles. The van der Waals surface area contributed by atoms with Gasteiger partial charge in [0.25, 0.3) is 0 Å². The van der Waals surface area contributed by atoms with Gasteiger partial charge in [-0.05, 0) is 37.1 Å². The van der Waals surface area contributed by atoms with Crippen molar-refractivity contribution in [2.45, 2.75) is 13.3 Å². The van der Waals surface area contributed by atoms with E-state index in [1.165, 1.54) is 13.2 Å². The van der Waals surface area contributed by atoms with Crippen molar-refractivity contribution in [2.75, 3.05) is 20.3 Å². The largest absolute Gasteiger partial charge is 0.494 e. The van der Waals surface area contributed by atoms with Crippen LogP contribution in [0.2, 0.25) is 0 Å². The van der Waals surface area contributed by atoms with E-state index in [1.807, 2.05) is 6.92 Å². The van der Waals surface area contributed by atoms with Gasteiger partial charge in [0, 0.05) is 17.4 Å². The van der Waals surface area contributed by atoms with E-state index in [1.54, 1.807) is 18.2 Å². The van der Waals surface area contributed by atoms with E-state index in [4.69, 9.17) is 13.9 Å². The van der Waals surface area contributed by atoms with E-state index in [-0.39, 0.29) is 16.9 Å². The van der Waals surface area contributed by atoms with Gasteiger partial charge in [0.2, 0.25) is 5.82 Å². The van der Waals surface area contributed by atoms with Crippen molar-refractivity contribution in [3.8, 4) is 5.75 Å². The maximum Gasteiger partial charge on any atom is 0.208 e. The van der Waals surface area contributed by atoms with Crippen LogP contribution in [0.1, 0.15) is 12.5 Å². The Morgan fingerprint density at radius 3 is 2.36 bits per heavy atom. The number of furan rings is 1. The maximum absolute atomic E-state index is 14.5. The van der Waals surface area contributed by atoms with Gasteiger partial charge >= 0.3 is 0 Å². The van der Waals surface area contributed by atoms with E-state index >= 15 is 0 Å². The number of fused-ring (bicyclic) bond motifs is 3. The summed E-state index contributed by atoms with van der Waals surface area (Å²) in [4.78, 5) is 0. The Morgan fingerprint density at radius 2 is 1.68 bits per heavy atom. The van der Waals surface area contributed by atoms with Crippen LogP contribution in [-0.4, -0.2) is 20.3 Å². The molecular formula is C17H16F2O3. The van der Waals surface area contributed by atoms with Crippen LogP contribution in [0.25, 0.3) is 21.9 Å². The van der Waals surface area contributed by atoms with Crippen molar-refractivity contribution in [2.24, 2.45) is 0 Å². The van der Waals surface area contributed by atoms with Crippen molar-refractivity contribution in [1.29, 1.82) is 0 Å². The van der Waals surface area contributed by atoms with Gasteiger partial charge in [-0.1, -0.05) is 6.07 Å². The van der Waals surface area contributed by atoms with E-state index in [0.29, 0.717) is 36.0 Å². The van der Waals surface area contributed by atoms with E-state index in [2.05, 4.69) is 0 Å². The molecule has 0 unspecified atom stereocenters. The summed E-state index contributed by atoms with van der Waals surface area (Å²) < 4.78 is 44.4. The number of ether oxygens (including phenoxy) is 2. The van der Waals surface area contributed by atoms with Crippen molar-refractivity contribution in [3.05, 3.63) is 41.5 Å². The van der Waals surface area contributed by atoms with E-state index in [0.717, 1.165) is 0 Å². The molecule has 3 nitrogen and oxygen atoms in total. The Hall–Kier alpha value is -2.14. The highest BCUT2D eigenvalue weighted by Gasteiger charge is 2.19. The van der Waals surface area contributed by atoms with Gasteiger partial charge in [-0.25, -0.2) is 4.39 Å². The van der Waals surface area contributed by atoms with Crippen LogP contribution >= 0.6 is 0 Å². The molecule has 0 spiro atoms. The third-order valence-corrected chi connectivity index (χ3v) is 3.67. The molecule has 5 heteroatoms. The molecule has 22 heavy (non-hydrogen) atoms. The van der Waals surface area contributed by atoms with Crippen LogP contribution < -0.4 is 4.74 Å². The normalized spacial score (nSPS) is 11.5. The first-order valence-electron chi connectivity index (χ1n) is 7.11. The molecule has 3 aromatic rings. The zero-order valence-electron chi connectivity index (χ0n) is 12.4. The topological polar surface area (TPSA) is 31.6 Å². The molecule has 2 aromatic carbocycles. The highest BCUT2D eigenvalue weighted by atomic mass is 19.1. The predicted molar refractivity (Wildman–Crippen MR) is 80.4 cm³/mol. The van der Waals surface area contributed by atoms with Crippen LogP contribution in [0, 0.1) is 11.6 Å². The Kier molecular flexibility index (Phi) is 3.98. The van der Waals surface area contributed by atoms with E-state index < -0.39 is 11.6 Å². The highest BCUT2D eigenvalue weighted by Crippen LogP contribution is 2.36. The average Bonchev–Trinajstić information content (AvgIpc) is 2.91. The fourth-order valence-corrected chi connectivity index (χ4v) is 2.54. The van der Waals surface area contributed by atoms with E-state index in [9.17, 15) is 8.78 Å². The number of hydrogen-bond donors (Lipinski definition) is 0. The standard InChI is InChI=1S/C17H16F2O3/c1-3-21-9-8-10-4-5-11-12-6-7-13(20-2)15(19)17(12)22-16(11)14(10)18/h4-7H,3,8-9H2,1-2H3. The fraction of sp³-hybridized carbons (Fsp3) is 0.294. The Morgan fingerprint density at radius 1 is 1.00 bits per heavy atom. The van der Waals surface area contributed by atoms with Crippen LogP contribution in [0.3, 0.4) is 0 Å². The minimum absolute atomic E-state index is 0.00945. The fourth-order valence-electron chi connectivity index (χ4n) is 2.54. The molecule has 0 amide bonds. The second kappa shape index (κ2) is 5.93. The van der Waals surface area contributed by atoms with Gasteiger partial charge < -0.3 is 13.9 Å². The van der Waals surface area contributed by atoms with Gasteiger partial charge in [-0.3, -0.25) is 0 Å². The summed E-state index contributed by atoms with van der Waals surface area (Å²) >= 11 is 0. The molecule has 0 saturated carbocycles. The Labute approximate surface area is 126 Å². The molecule has 1 heterocycles. The number of benzene rings is 2. The molecule has 0 aliphatic rings. The summed E-state index contributed by atoms with van der Waals surface area (Å²) in [5, 5.41) is 1.08. The molecule has 0 atom stereocenters. The summed E-state index contributed by atoms with van der Waals surface area (Å²) in [6, 6.07) is 6.61. The minimum Gasteiger partial charge on any atom is -0.494 e. The first kappa shape index (κ1) is 14.8. The van der Waals surface area contributed by atoms with Crippen LogP contribution in [0.4, 0.5) is 8.78 Å². The number of hydrogen-bond acceptors (Lipinski definition) is 3. The molecule has 1 aromatic heterocycles. The second-order valence-corrected chi connectivity index (χ2v) is 4.92. The lowest BCUT2D eigenvalue weighted by atomic mass is 10.1. The third kappa shape index (κ3) is 2.31. The summed E-state index contributed by atoms with van der Waals surface area (Å²) in [6.07, 6.45) is 0.443. The lowest BCUT2D eigenvalue weighted by molar-refractivity contribution is 0.150. The zero-order valence-corrected chi connectivity index (χ0v) is 12.4. The predicted octanol–water partition coefficient (Wildman–Crippen LogP) is 4.45. The molecule has 0 N–H and O–H groups in total. The second-order valence-electron chi connectivity index (χ2n) is 4.92. The van der Waals surface area contributed by atoms with Crippen LogP contribution in [0.15, 0.2) is 28.7 Å². The Balaban J connectivity index is 2.14. The summed E-state index contributed by atoms with van der Waals surface area (Å²) in [7, 11) is 1.37. The van der Waals surface area contributed by atoms with Crippen LogP contribution in [-0.2, 0) is 11.2 Å². The molecule has 0 fully saturated rings. The van der Waals surface area contributed by atoms with Crippen molar-refractivity contribution in [3.63, 3.8) is 0 Å². The molecule has 0 radical (unpaired) electrons. The average molecular weight is 306 g/mol. The molecule has 0 aliphatic heterocycles. The molecule has 0 aliphatic carbocycles. The van der Waals surface area contributed by atoms with Gasteiger partial charge in [0.15, 0.2) is 22.7 Å². The maximum atomic E-state index is 14.5.